The number of hydrogen-bond donors (Lipinski definition) is 2. The van der Waals surface area contributed by atoms with E-state index in [-0.39, 0.29) is 17.3 Å². The molecule has 7 nitrogen and oxygen atoms in total. The average Bonchev–Trinajstić information content (AvgIpc) is 2.55. The van der Waals surface area contributed by atoms with Crippen molar-refractivity contribution >= 4 is 17.9 Å². The molecule has 0 saturated carbocycles. The van der Waals surface area contributed by atoms with Crippen molar-refractivity contribution in [2.24, 2.45) is 0 Å². The second-order valence-corrected chi connectivity index (χ2v) is 5.53. The molecule has 0 unspecified atom stereocenters. The van der Waals surface area contributed by atoms with Gasteiger partial charge in [0.2, 0.25) is 0 Å². The Hall–Kier alpha value is -2.83. The van der Waals surface area contributed by atoms with E-state index in [1.807, 2.05) is 6.07 Å². The number of benzene rings is 1. The molecule has 2 heterocycles. The predicted molar refractivity (Wildman–Crippen MR) is 81.1 cm³/mol. The molecular formula is C16H17N3O4. The van der Waals surface area contributed by atoms with Crippen LogP contribution in [0.25, 0.3) is 0 Å². The highest BCUT2D eigenvalue weighted by Gasteiger charge is 2.43. The molecule has 2 N–H and O–H groups in total. The van der Waals surface area contributed by atoms with Gasteiger partial charge in [0.1, 0.15) is 5.70 Å². The number of rotatable bonds is 2. The van der Waals surface area contributed by atoms with Gasteiger partial charge in [0.25, 0.3) is 5.91 Å². The fraction of sp³-hybridized carbons (Fsp3) is 0.312. The van der Waals surface area contributed by atoms with Gasteiger partial charge in [0.05, 0.1) is 18.7 Å². The number of fused-ring (bicyclic) bond motifs is 1. The molecule has 120 valence electrons. The van der Waals surface area contributed by atoms with Crippen LogP contribution in [0.5, 0.6) is 0 Å². The third kappa shape index (κ3) is 2.54. The lowest BCUT2D eigenvalue weighted by Crippen LogP contribution is -2.59. The van der Waals surface area contributed by atoms with Crippen molar-refractivity contribution in [3.8, 4) is 0 Å². The molecule has 0 aliphatic carbocycles. The number of carbonyl (C=O) groups excluding carboxylic acids is 3. The molecule has 0 radical (unpaired) electrons. The zero-order valence-electron chi connectivity index (χ0n) is 12.8. The molecule has 1 aromatic carbocycles. The van der Waals surface area contributed by atoms with Crippen molar-refractivity contribution in [2.45, 2.75) is 19.0 Å². The van der Waals surface area contributed by atoms with Gasteiger partial charge in [-0.25, -0.2) is 9.59 Å². The van der Waals surface area contributed by atoms with Crippen LogP contribution in [-0.2, 0) is 14.3 Å². The van der Waals surface area contributed by atoms with Crippen molar-refractivity contribution in [3.63, 3.8) is 0 Å². The first kappa shape index (κ1) is 15.1. The minimum atomic E-state index is -0.721. The van der Waals surface area contributed by atoms with Gasteiger partial charge in [-0.2, -0.15) is 0 Å². The number of amides is 3. The highest BCUT2D eigenvalue weighted by atomic mass is 16.5. The van der Waals surface area contributed by atoms with Gasteiger partial charge in [-0.15, -0.1) is 0 Å². The largest absolute Gasteiger partial charge is 0.466 e. The molecule has 23 heavy (non-hydrogen) atoms. The number of nitrogens with zero attached hydrogens (tertiary/aromatic N) is 1. The molecule has 2 aliphatic rings. The Kier molecular flexibility index (Phi) is 3.77. The van der Waals surface area contributed by atoms with Crippen LogP contribution in [-0.4, -0.2) is 42.5 Å². The third-order valence-corrected chi connectivity index (χ3v) is 3.91. The van der Waals surface area contributed by atoms with E-state index in [0.29, 0.717) is 12.1 Å². The Balaban J connectivity index is 2.17. The van der Waals surface area contributed by atoms with Crippen LogP contribution in [0.4, 0.5) is 4.79 Å². The highest BCUT2D eigenvalue weighted by Crippen LogP contribution is 2.32. The van der Waals surface area contributed by atoms with Gasteiger partial charge >= 0.3 is 12.0 Å². The summed E-state index contributed by atoms with van der Waals surface area (Å²) in [5.41, 5.74) is 0.912. The number of methoxy groups -OCH3 is 1. The van der Waals surface area contributed by atoms with Crippen molar-refractivity contribution in [1.29, 1.82) is 0 Å². The average molecular weight is 315 g/mol. The van der Waals surface area contributed by atoms with Crippen molar-refractivity contribution < 1.29 is 19.1 Å². The van der Waals surface area contributed by atoms with Crippen LogP contribution in [0, 0.1) is 0 Å². The first-order valence-corrected chi connectivity index (χ1v) is 7.29. The molecule has 3 rings (SSSR count). The summed E-state index contributed by atoms with van der Waals surface area (Å²) in [6, 6.07) is 7.70. The van der Waals surface area contributed by atoms with Crippen LogP contribution in [0.3, 0.4) is 0 Å². The maximum atomic E-state index is 12.4. The van der Waals surface area contributed by atoms with E-state index in [1.54, 1.807) is 31.2 Å². The van der Waals surface area contributed by atoms with Gasteiger partial charge in [-0.05, 0) is 12.5 Å². The van der Waals surface area contributed by atoms with Crippen LogP contribution in [0.2, 0.25) is 0 Å². The molecule has 0 aromatic heterocycles. The highest BCUT2D eigenvalue weighted by molar-refractivity contribution is 6.08. The number of urea groups is 1. The SMILES string of the molecule is COC(=O)C1=C2C(=O)N[C@H](C)CN2C(=O)N[C@@H]1c1ccccc1. The maximum Gasteiger partial charge on any atom is 0.338 e. The molecule has 7 heteroatoms. The Morgan fingerprint density at radius 1 is 1.22 bits per heavy atom. The van der Waals surface area contributed by atoms with Gasteiger partial charge in [0, 0.05) is 12.6 Å². The Morgan fingerprint density at radius 2 is 1.91 bits per heavy atom. The Bertz CT molecular complexity index is 699. The summed E-state index contributed by atoms with van der Waals surface area (Å²) in [6.45, 7) is 2.10. The van der Waals surface area contributed by atoms with Crippen LogP contribution in [0.15, 0.2) is 41.6 Å². The Morgan fingerprint density at radius 3 is 2.57 bits per heavy atom. The maximum absolute atomic E-state index is 12.4. The summed E-state index contributed by atoms with van der Waals surface area (Å²) < 4.78 is 4.85. The number of nitrogens with one attached hydrogen (secondary N) is 2. The molecule has 2 atom stereocenters. The van der Waals surface area contributed by atoms with Crippen LogP contribution >= 0.6 is 0 Å². The van der Waals surface area contributed by atoms with Crippen molar-refractivity contribution in [1.82, 2.24) is 15.5 Å². The second-order valence-electron chi connectivity index (χ2n) is 5.53. The van der Waals surface area contributed by atoms with Crippen molar-refractivity contribution in [2.75, 3.05) is 13.7 Å². The van der Waals surface area contributed by atoms with Gasteiger partial charge < -0.3 is 15.4 Å². The summed E-state index contributed by atoms with van der Waals surface area (Å²) in [7, 11) is 1.25. The topological polar surface area (TPSA) is 87.7 Å². The third-order valence-electron chi connectivity index (χ3n) is 3.91. The van der Waals surface area contributed by atoms with E-state index in [4.69, 9.17) is 4.74 Å². The lowest BCUT2D eigenvalue weighted by molar-refractivity contribution is -0.137. The minimum absolute atomic E-state index is 0.0625. The number of hydrogen-bond acceptors (Lipinski definition) is 4. The number of esters is 1. The normalized spacial score (nSPS) is 23.8. The van der Waals surface area contributed by atoms with Crippen LogP contribution < -0.4 is 10.6 Å². The zero-order valence-corrected chi connectivity index (χ0v) is 12.8. The summed E-state index contributed by atoms with van der Waals surface area (Å²) >= 11 is 0. The summed E-state index contributed by atoms with van der Waals surface area (Å²) in [5.74, 6) is -1.08. The molecular weight excluding hydrogens is 298 g/mol. The quantitative estimate of drug-likeness (QED) is 0.786. The first-order valence-electron chi connectivity index (χ1n) is 7.29. The van der Waals surface area contributed by atoms with Crippen LogP contribution in [0.1, 0.15) is 18.5 Å². The predicted octanol–water partition coefficient (Wildman–Crippen LogP) is 0.698. The molecule has 2 aliphatic heterocycles. The van der Waals surface area contributed by atoms with E-state index in [1.165, 1.54) is 12.0 Å². The Labute approximate surface area is 133 Å². The smallest absolute Gasteiger partial charge is 0.338 e. The van der Waals surface area contributed by atoms with Gasteiger partial charge in [0.15, 0.2) is 0 Å². The lowest BCUT2D eigenvalue weighted by Gasteiger charge is -2.40. The van der Waals surface area contributed by atoms with E-state index in [2.05, 4.69) is 10.6 Å². The molecule has 3 amide bonds. The molecule has 1 fully saturated rings. The molecule has 0 spiro atoms. The minimum Gasteiger partial charge on any atom is -0.466 e. The second kappa shape index (κ2) is 5.75. The monoisotopic (exact) mass is 315 g/mol. The summed E-state index contributed by atoms with van der Waals surface area (Å²) in [5, 5.41) is 5.54. The lowest BCUT2D eigenvalue weighted by atomic mass is 9.93. The standard InChI is InChI=1S/C16H17N3O4/c1-9-8-19-13(14(20)17-9)11(15(21)23-2)12(18-16(19)22)10-6-4-3-5-7-10/h3-7,9,12H,8H2,1-2H3,(H,17,20)(H,18,22)/t9-,12-/m1/s1. The fourth-order valence-electron chi connectivity index (χ4n) is 2.91. The molecule has 1 aromatic rings. The first-order chi connectivity index (χ1) is 11.0. The number of carbonyl (C=O) groups is 3. The zero-order chi connectivity index (χ0) is 16.6. The van der Waals surface area contributed by atoms with E-state index in [0.717, 1.165) is 0 Å². The van der Waals surface area contributed by atoms with Crippen molar-refractivity contribution in [3.05, 3.63) is 47.2 Å². The fourth-order valence-corrected chi connectivity index (χ4v) is 2.91. The number of ether oxygens (including phenoxy) is 1. The number of piperazine rings is 1. The van der Waals surface area contributed by atoms with Gasteiger partial charge in [-0.3, -0.25) is 9.69 Å². The molecule has 1 saturated heterocycles. The van der Waals surface area contributed by atoms with Gasteiger partial charge in [-0.1, -0.05) is 30.3 Å². The van der Waals surface area contributed by atoms with E-state index < -0.39 is 23.9 Å². The summed E-state index contributed by atoms with van der Waals surface area (Å²) in [6.07, 6.45) is 0. The summed E-state index contributed by atoms with van der Waals surface area (Å²) in [4.78, 5) is 38.4. The van der Waals surface area contributed by atoms with E-state index >= 15 is 0 Å². The molecule has 0 bridgehead atoms. The van der Waals surface area contributed by atoms with E-state index in [9.17, 15) is 14.4 Å².